The van der Waals surface area contributed by atoms with Crippen molar-refractivity contribution in [3.63, 3.8) is 0 Å². The highest BCUT2D eigenvalue weighted by Gasteiger charge is 2.21. The lowest BCUT2D eigenvalue weighted by molar-refractivity contribution is 0.576. The quantitative estimate of drug-likeness (QED) is 0.851. The topological polar surface area (TPSA) is 43.0 Å². The molecule has 2 heterocycles. The van der Waals surface area contributed by atoms with Crippen LogP contribution in [0.3, 0.4) is 0 Å². The average molecular weight is 217 g/mol. The Morgan fingerprint density at radius 1 is 1.56 bits per heavy atom. The minimum Gasteiger partial charge on any atom is -0.463 e. The van der Waals surface area contributed by atoms with Crippen LogP contribution in [0.4, 0.5) is 0 Å². The van der Waals surface area contributed by atoms with E-state index in [-0.39, 0.29) is 0 Å². The van der Waals surface area contributed by atoms with Crippen LogP contribution in [0.2, 0.25) is 0 Å². The fourth-order valence-corrected chi connectivity index (χ4v) is 1.83. The molecule has 0 aromatic carbocycles. The molecule has 0 unspecified atom stereocenters. The zero-order chi connectivity index (χ0) is 11.0. The predicted molar refractivity (Wildman–Crippen MR) is 60.8 cm³/mol. The maximum Gasteiger partial charge on any atom is 0.154 e. The first-order chi connectivity index (χ1) is 7.83. The Morgan fingerprint density at radius 3 is 3.12 bits per heavy atom. The normalized spacial score (nSPS) is 15.6. The number of hydrogen-bond acceptors (Lipinski definition) is 3. The monoisotopic (exact) mass is 217 g/mol. The van der Waals surface area contributed by atoms with Crippen molar-refractivity contribution in [1.82, 2.24) is 15.1 Å². The van der Waals surface area contributed by atoms with E-state index in [0.29, 0.717) is 6.04 Å². The van der Waals surface area contributed by atoms with Gasteiger partial charge in [0.05, 0.1) is 6.26 Å². The van der Waals surface area contributed by atoms with Crippen molar-refractivity contribution in [2.45, 2.75) is 25.4 Å². The van der Waals surface area contributed by atoms with Gasteiger partial charge in [-0.05, 0) is 25.0 Å². The van der Waals surface area contributed by atoms with Gasteiger partial charge < -0.3 is 9.73 Å². The Kier molecular flexibility index (Phi) is 2.29. The number of nitrogens with one attached hydrogen (secondary N) is 1. The third kappa shape index (κ3) is 1.88. The van der Waals surface area contributed by atoms with Gasteiger partial charge in [0, 0.05) is 31.4 Å². The predicted octanol–water partition coefficient (Wildman–Crippen LogP) is 1.93. The Morgan fingerprint density at radius 2 is 2.44 bits per heavy atom. The van der Waals surface area contributed by atoms with Crippen LogP contribution in [0.5, 0.6) is 0 Å². The second kappa shape index (κ2) is 3.79. The van der Waals surface area contributed by atoms with Gasteiger partial charge in [-0.1, -0.05) is 0 Å². The van der Waals surface area contributed by atoms with Crippen molar-refractivity contribution in [2.75, 3.05) is 0 Å². The summed E-state index contributed by atoms with van der Waals surface area (Å²) < 4.78 is 7.23. The van der Waals surface area contributed by atoms with Crippen molar-refractivity contribution in [3.8, 4) is 11.5 Å². The van der Waals surface area contributed by atoms with E-state index in [4.69, 9.17) is 4.42 Å². The van der Waals surface area contributed by atoms with E-state index >= 15 is 0 Å². The largest absolute Gasteiger partial charge is 0.463 e. The summed E-state index contributed by atoms with van der Waals surface area (Å²) in [5.74, 6) is 0.841. The number of aryl methyl sites for hydroxylation is 1. The van der Waals surface area contributed by atoms with E-state index in [1.54, 1.807) is 6.26 Å². The van der Waals surface area contributed by atoms with Crippen molar-refractivity contribution in [3.05, 3.63) is 30.2 Å². The average Bonchev–Trinajstić information content (AvgIpc) is 2.79. The summed E-state index contributed by atoms with van der Waals surface area (Å²) in [5.41, 5.74) is 2.14. The summed E-state index contributed by atoms with van der Waals surface area (Å²) >= 11 is 0. The summed E-state index contributed by atoms with van der Waals surface area (Å²) in [6.07, 6.45) is 6.34. The van der Waals surface area contributed by atoms with Gasteiger partial charge in [-0.15, -0.1) is 0 Å². The fraction of sp³-hybridized carbons (Fsp3) is 0.417. The van der Waals surface area contributed by atoms with E-state index in [0.717, 1.165) is 18.0 Å². The number of furan rings is 1. The molecule has 0 bridgehead atoms. The van der Waals surface area contributed by atoms with Crippen molar-refractivity contribution in [2.24, 2.45) is 7.05 Å². The molecule has 2 aromatic rings. The van der Waals surface area contributed by atoms with E-state index in [1.807, 2.05) is 30.1 Å². The molecular formula is C12H15N3O. The van der Waals surface area contributed by atoms with Crippen molar-refractivity contribution >= 4 is 0 Å². The van der Waals surface area contributed by atoms with E-state index in [9.17, 15) is 0 Å². The highest BCUT2D eigenvalue weighted by Crippen LogP contribution is 2.24. The van der Waals surface area contributed by atoms with Crippen LogP contribution in [-0.4, -0.2) is 15.8 Å². The third-order valence-electron chi connectivity index (χ3n) is 2.82. The number of hydrogen-bond donors (Lipinski definition) is 1. The fourth-order valence-electron chi connectivity index (χ4n) is 1.83. The first-order valence-electron chi connectivity index (χ1n) is 5.63. The lowest BCUT2D eigenvalue weighted by atomic mass is 10.2. The molecule has 4 nitrogen and oxygen atoms in total. The first-order valence-corrected chi connectivity index (χ1v) is 5.63. The molecule has 3 rings (SSSR count). The van der Waals surface area contributed by atoms with Crippen LogP contribution in [0.25, 0.3) is 11.5 Å². The molecular weight excluding hydrogens is 202 g/mol. The first kappa shape index (κ1) is 9.66. The third-order valence-corrected chi connectivity index (χ3v) is 2.82. The Labute approximate surface area is 94.3 Å². The number of aromatic nitrogens is 2. The van der Waals surface area contributed by atoms with Crippen LogP contribution in [0.15, 0.2) is 29.0 Å². The number of rotatable bonds is 4. The van der Waals surface area contributed by atoms with Crippen LogP contribution in [0, 0.1) is 0 Å². The summed E-state index contributed by atoms with van der Waals surface area (Å²) in [4.78, 5) is 0. The van der Waals surface area contributed by atoms with Crippen LogP contribution in [0.1, 0.15) is 18.4 Å². The summed E-state index contributed by atoms with van der Waals surface area (Å²) in [7, 11) is 1.94. The van der Waals surface area contributed by atoms with E-state index < -0.39 is 0 Å². The van der Waals surface area contributed by atoms with Gasteiger partial charge in [0.25, 0.3) is 0 Å². The van der Waals surface area contributed by atoms with Gasteiger partial charge in [0.1, 0.15) is 5.69 Å². The van der Waals surface area contributed by atoms with Gasteiger partial charge >= 0.3 is 0 Å². The van der Waals surface area contributed by atoms with Gasteiger partial charge in [-0.2, -0.15) is 5.10 Å². The molecule has 1 fully saturated rings. The molecule has 4 heteroatoms. The SMILES string of the molecule is Cn1cc(CNC2CC2)c(-c2ccco2)n1. The van der Waals surface area contributed by atoms with Crippen molar-refractivity contribution in [1.29, 1.82) is 0 Å². The Balaban J connectivity index is 1.84. The van der Waals surface area contributed by atoms with Crippen molar-refractivity contribution < 1.29 is 4.42 Å². The van der Waals surface area contributed by atoms with E-state index in [2.05, 4.69) is 10.4 Å². The zero-order valence-corrected chi connectivity index (χ0v) is 9.31. The van der Waals surface area contributed by atoms with Crippen LogP contribution < -0.4 is 5.32 Å². The standard InChI is InChI=1S/C12H15N3O/c1-15-8-9(7-13-10-4-5-10)12(14-15)11-3-2-6-16-11/h2-3,6,8,10,13H,4-5,7H2,1H3. The number of nitrogens with zero attached hydrogens (tertiary/aromatic N) is 2. The van der Waals surface area contributed by atoms with Crippen LogP contribution >= 0.6 is 0 Å². The van der Waals surface area contributed by atoms with Gasteiger partial charge in [0.15, 0.2) is 5.76 Å². The summed E-state index contributed by atoms with van der Waals surface area (Å²) in [6, 6.07) is 4.55. The van der Waals surface area contributed by atoms with Crippen LogP contribution in [-0.2, 0) is 13.6 Å². The summed E-state index contributed by atoms with van der Waals surface area (Å²) in [5, 5.41) is 7.93. The lowest BCUT2D eigenvalue weighted by Gasteiger charge is -2.01. The van der Waals surface area contributed by atoms with Gasteiger partial charge in [0.2, 0.25) is 0 Å². The lowest BCUT2D eigenvalue weighted by Crippen LogP contribution is -2.15. The smallest absolute Gasteiger partial charge is 0.154 e. The molecule has 16 heavy (non-hydrogen) atoms. The molecule has 1 aliphatic carbocycles. The molecule has 0 radical (unpaired) electrons. The van der Waals surface area contributed by atoms with E-state index in [1.165, 1.54) is 18.4 Å². The molecule has 2 aromatic heterocycles. The zero-order valence-electron chi connectivity index (χ0n) is 9.31. The molecule has 1 N–H and O–H groups in total. The molecule has 0 aliphatic heterocycles. The molecule has 0 atom stereocenters. The molecule has 1 saturated carbocycles. The van der Waals surface area contributed by atoms with Gasteiger partial charge in [-0.3, -0.25) is 4.68 Å². The molecule has 0 spiro atoms. The molecule has 1 aliphatic rings. The molecule has 0 saturated heterocycles. The Bertz CT molecular complexity index is 468. The molecule has 84 valence electrons. The Hall–Kier alpha value is -1.55. The second-order valence-electron chi connectivity index (χ2n) is 4.31. The maximum absolute atomic E-state index is 5.39. The van der Waals surface area contributed by atoms with Gasteiger partial charge in [-0.25, -0.2) is 0 Å². The molecule has 0 amide bonds. The minimum absolute atomic E-state index is 0.713. The highest BCUT2D eigenvalue weighted by molar-refractivity contribution is 5.56. The minimum atomic E-state index is 0.713. The second-order valence-corrected chi connectivity index (χ2v) is 4.31. The maximum atomic E-state index is 5.39. The highest BCUT2D eigenvalue weighted by atomic mass is 16.3. The summed E-state index contributed by atoms with van der Waals surface area (Å²) in [6.45, 7) is 0.870.